The second kappa shape index (κ2) is 9.48. The van der Waals surface area contributed by atoms with E-state index < -0.39 is 18.2 Å². The van der Waals surface area contributed by atoms with Gasteiger partial charge in [0.05, 0.1) is 12.2 Å². The van der Waals surface area contributed by atoms with Crippen molar-refractivity contribution in [3.63, 3.8) is 0 Å². The highest BCUT2D eigenvalue weighted by Gasteiger charge is 2.09. The highest BCUT2D eigenvalue weighted by molar-refractivity contribution is 5.66. The molecule has 0 aromatic rings. The van der Waals surface area contributed by atoms with Crippen molar-refractivity contribution in [3.05, 3.63) is 0 Å². The Balaban J connectivity index is 0. The van der Waals surface area contributed by atoms with Gasteiger partial charge in [0.2, 0.25) is 0 Å². The van der Waals surface area contributed by atoms with Gasteiger partial charge in [-0.15, -0.1) is 0 Å². The number of aliphatic hydroxyl groups is 2. The van der Waals surface area contributed by atoms with Crippen molar-refractivity contribution in [2.24, 2.45) is 0 Å². The van der Waals surface area contributed by atoms with E-state index in [1.165, 1.54) is 0 Å². The van der Waals surface area contributed by atoms with Crippen LogP contribution in [0.3, 0.4) is 0 Å². The topological polar surface area (TPSA) is 77.8 Å². The first kappa shape index (κ1) is 14.9. The van der Waals surface area contributed by atoms with E-state index in [0.29, 0.717) is 12.8 Å². The molecule has 3 N–H and O–H groups in total. The molecule has 0 rings (SSSR count). The number of carbonyl (C=O) groups is 1. The molecule has 0 aliphatic carbocycles. The third-order valence-electron chi connectivity index (χ3n) is 1.58. The second-order valence-corrected chi connectivity index (χ2v) is 2.70. The molecule has 0 fully saturated rings. The standard InChI is InChI=1S/C6H14O2.C3H6O2/c1-3-5(7)6(8)4-2;1-2-3(4)5/h5-8H,3-4H2,1-2H3;2H2,1H3,(H,4,5). The van der Waals surface area contributed by atoms with Gasteiger partial charge in [0, 0.05) is 6.42 Å². The van der Waals surface area contributed by atoms with Crippen molar-refractivity contribution in [2.45, 2.75) is 52.2 Å². The molecule has 0 aliphatic rings. The maximum absolute atomic E-state index is 9.37. The number of hydrogen-bond acceptors (Lipinski definition) is 3. The zero-order valence-electron chi connectivity index (χ0n) is 8.53. The fourth-order valence-electron chi connectivity index (χ4n) is 0.544. The van der Waals surface area contributed by atoms with Crippen molar-refractivity contribution in [3.8, 4) is 0 Å². The predicted octanol–water partition coefficient (Wildman–Crippen LogP) is 1.01. The number of carboxylic acid groups (broad SMARTS) is 1. The van der Waals surface area contributed by atoms with E-state index in [1.807, 2.05) is 13.8 Å². The first-order chi connectivity index (χ1) is 5.99. The van der Waals surface area contributed by atoms with Gasteiger partial charge in [-0.1, -0.05) is 20.8 Å². The average molecular weight is 192 g/mol. The molecule has 4 nitrogen and oxygen atoms in total. The lowest BCUT2D eigenvalue weighted by Gasteiger charge is -2.12. The molecular weight excluding hydrogens is 172 g/mol. The quantitative estimate of drug-likeness (QED) is 0.621. The molecule has 13 heavy (non-hydrogen) atoms. The van der Waals surface area contributed by atoms with Crippen LogP contribution in [0.4, 0.5) is 0 Å². The summed E-state index contributed by atoms with van der Waals surface area (Å²) in [6.45, 7) is 5.30. The fourth-order valence-corrected chi connectivity index (χ4v) is 0.544. The maximum atomic E-state index is 9.37. The summed E-state index contributed by atoms with van der Waals surface area (Å²) in [7, 11) is 0. The molecule has 0 radical (unpaired) electrons. The van der Waals surface area contributed by atoms with Crippen molar-refractivity contribution >= 4 is 5.97 Å². The molecule has 0 aromatic heterocycles. The molecule has 2 unspecified atom stereocenters. The maximum Gasteiger partial charge on any atom is 0.303 e. The van der Waals surface area contributed by atoms with Crippen LogP contribution in [-0.2, 0) is 4.79 Å². The molecule has 2 atom stereocenters. The van der Waals surface area contributed by atoms with Gasteiger partial charge in [0.15, 0.2) is 0 Å². The van der Waals surface area contributed by atoms with Gasteiger partial charge in [0.1, 0.15) is 0 Å². The SMILES string of the molecule is CCC(=O)O.CCC(O)C(O)CC. The van der Waals surface area contributed by atoms with E-state index in [0.717, 1.165) is 0 Å². The van der Waals surface area contributed by atoms with E-state index in [2.05, 4.69) is 0 Å². The van der Waals surface area contributed by atoms with E-state index in [1.54, 1.807) is 6.92 Å². The third-order valence-corrected chi connectivity index (χ3v) is 1.58. The lowest BCUT2D eigenvalue weighted by atomic mass is 10.1. The lowest BCUT2D eigenvalue weighted by molar-refractivity contribution is -0.136. The fraction of sp³-hybridized carbons (Fsp3) is 0.889. The Morgan fingerprint density at radius 3 is 1.38 bits per heavy atom. The van der Waals surface area contributed by atoms with E-state index in [9.17, 15) is 4.79 Å². The predicted molar refractivity (Wildman–Crippen MR) is 50.5 cm³/mol. The minimum atomic E-state index is -0.745. The number of aliphatic carboxylic acids is 1. The number of rotatable bonds is 4. The van der Waals surface area contributed by atoms with Gasteiger partial charge < -0.3 is 15.3 Å². The van der Waals surface area contributed by atoms with E-state index >= 15 is 0 Å². The first-order valence-electron chi connectivity index (χ1n) is 4.57. The summed E-state index contributed by atoms with van der Waals surface area (Å²) in [5.41, 5.74) is 0. The van der Waals surface area contributed by atoms with Gasteiger partial charge in [0.25, 0.3) is 0 Å². The zero-order valence-corrected chi connectivity index (χ0v) is 8.53. The van der Waals surface area contributed by atoms with Crippen LogP contribution in [0.15, 0.2) is 0 Å². The van der Waals surface area contributed by atoms with E-state index in [-0.39, 0.29) is 6.42 Å². The van der Waals surface area contributed by atoms with Gasteiger partial charge in [-0.3, -0.25) is 4.79 Å². The van der Waals surface area contributed by atoms with Crippen LogP contribution in [0, 0.1) is 0 Å². The third kappa shape index (κ3) is 11.4. The van der Waals surface area contributed by atoms with Gasteiger partial charge in [-0.25, -0.2) is 0 Å². The molecule has 0 saturated heterocycles. The largest absolute Gasteiger partial charge is 0.481 e. The molecule has 0 aliphatic heterocycles. The van der Waals surface area contributed by atoms with Crippen molar-refractivity contribution in [1.82, 2.24) is 0 Å². The molecule has 0 amide bonds. The number of hydrogen-bond donors (Lipinski definition) is 3. The monoisotopic (exact) mass is 192 g/mol. The summed E-state index contributed by atoms with van der Waals surface area (Å²) in [6, 6.07) is 0. The zero-order chi connectivity index (χ0) is 10.9. The molecule has 4 heteroatoms. The van der Waals surface area contributed by atoms with Crippen LogP contribution in [0.5, 0.6) is 0 Å². The lowest BCUT2D eigenvalue weighted by Crippen LogP contribution is -2.23. The van der Waals surface area contributed by atoms with Crippen molar-refractivity contribution in [2.75, 3.05) is 0 Å². The van der Waals surface area contributed by atoms with Crippen LogP contribution in [-0.4, -0.2) is 33.5 Å². The Hall–Kier alpha value is -0.610. The molecular formula is C9H20O4. The summed E-state index contributed by atoms with van der Waals surface area (Å²) in [5, 5.41) is 25.5. The van der Waals surface area contributed by atoms with Gasteiger partial charge >= 0.3 is 5.97 Å². The van der Waals surface area contributed by atoms with Crippen LogP contribution >= 0.6 is 0 Å². The normalized spacial score (nSPS) is 13.9. The highest BCUT2D eigenvalue weighted by Crippen LogP contribution is 2.00. The Labute approximate surface area is 79.2 Å². The molecule has 0 bridgehead atoms. The molecule has 0 spiro atoms. The molecule has 0 aromatic carbocycles. The Bertz CT molecular complexity index is 117. The van der Waals surface area contributed by atoms with Gasteiger partial charge in [-0.05, 0) is 12.8 Å². The number of carboxylic acids is 1. The van der Waals surface area contributed by atoms with Gasteiger partial charge in [-0.2, -0.15) is 0 Å². The molecule has 0 saturated carbocycles. The summed E-state index contributed by atoms with van der Waals surface area (Å²) >= 11 is 0. The summed E-state index contributed by atoms with van der Waals surface area (Å²) < 4.78 is 0. The van der Waals surface area contributed by atoms with Crippen molar-refractivity contribution in [1.29, 1.82) is 0 Å². The summed E-state index contributed by atoms with van der Waals surface area (Å²) in [6.07, 6.45) is 0.435. The average Bonchev–Trinajstić information content (AvgIpc) is 2.16. The Kier molecular flexibility index (Phi) is 10.9. The van der Waals surface area contributed by atoms with Crippen LogP contribution in [0.1, 0.15) is 40.0 Å². The highest BCUT2D eigenvalue weighted by atomic mass is 16.4. The number of aliphatic hydroxyl groups excluding tert-OH is 2. The second-order valence-electron chi connectivity index (χ2n) is 2.70. The Morgan fingerprint density at radius 2 is 1.31 bits per heavy atom. The summed E-state index contributed by atoms with van der Waals surface area (Å²) in [5.74, 6) is -0.745. The van der Waals surface area contributed by atoms with Crippen LogP contribution in [0.25, 0.3) is 0 Å². The van der Waals surface area contributed by atoms with Crippen LogP contribution in [0.2, 0.25) is 0 Å². The first-order valence-corrected chi connectivity index (χ1v) is 4.57. The molecule has 80 valence electrons. The smallest absolute Gasteiger partial charge is 0.303 e. The summed E-state index contributed by atoms with van der Waals surface area (Å²) in [4.78, 5) is 9.37. The minimum Gasteiger partial charge on any atom is -0.481 e. The Morgan fingerprint density at radius 1 is 1.08 bits per heavy atom. The van der Waals surface area contributed by atoms with Crippen LogP contribution < -0.4 is 0 Å². The van der Waals surface area contributed by atoms with Crippen molar-refractivity contribution < 1.29 is 20.1 Å². The molecule has 0 heterocycles. The minimum absolute atomic E-state index is 0.222. The van der Waals surface area contributed by atoms with E-state index in [4.69, 9.17) is 15.3 Å².